The maximum absolute atomic E-state index is 13.6. The van der Waals surface area contributed by atoms with Gasteiger partial charge in [-0.1, -0.05) is 81.4 Å². The van der Waals surface area contributed by atoms with E-state index in [1.54, 1.807) is 12.1 Å². The maximum Gasteiger partial charge on any atom is 0.261 e. The van der Waals surface area contributed by atoms with Gasteiger partial charge in [-0.25, -0.2) is 4.39 Å². The van der Waals surface area contributed by atoms with E-state index in [0.717, 1.165) is 16.7 Å². The molecular weight excluding hydrogens is 455 g/mol. The number of hydrogen-bond acceptors (Lipinski definition) is 3. The van der Waals surface area contributed by atoms with Crippen molar-refractivity contribution in [3.05, 3.63) is 101 Å². The Labute approximate surface area is 213 Å². The Kier molecular flexibility index (Phi) is 9.23. The van der Waals surface area contributed by atoms with Crippen LogP contribution in [0, 0.1) is 5.82 Å². The number of carbonyl (C=O) groups is 2. The average molecular weight is 491 g/mol. The molecular formula is C30H35FN2O3. The summed E-state index contributed by atoms with van der Waals surface area (Å²) < 4.78 is 19.6. The zero-order valence-corrected chi connectivity index (χ0v) is 21.5. The van der Waals surface area contributed by atoms with Crippen LogP contribution in [0.3, 0.4) is 0 Å². The summed E-state index contributed by atoms with van der Waals surface area (Å²) in [5.41, 5.74) is 2.49. The van der Waals surface area contributed by atoms with Crippen LogP contribution >= 0.6 is 0 Å². The van der Waals surface area contributed by atoms with Gasteiger partial charge in [0.05, 0.1) is 0 Å². The number of likely N-dealkylation sites (N-methyl/N-ethyl adjacent to an activating group) is 1. The molecule has 0 unspecified atom stereocenters. The summed E-state index contributed by atoms with van der Waals surface area (Å²) in [4.78, 5) is 28.4. The van der Waals surface area contributed by atoms with Crippen molar-refractivity contribution in [2.75, 3.05) is 13.2 Å². The summed E-state index contributed by atoms with van der Waals surface area (Å²) in [5, 5.41) is 2.87. The summed E-state index contributed by atoms with van der Waals surface area (Å²) in [6.07, 6.45) is 0.345. The van der Waals surface area contributed by atoms with Gasteiger partial charge in [-0.2, -0.15) is 0 Å². The summed E-state index contributed by atoms with van der Waals surface area (Å²) >= 11 is 0. The molecule has 2 amide bonds. The van der Waals surface area contributed by atoms with E-state index in [0.29, 0.717) is 18.7 Å². The molecule has 0 heterocycles. The van der Waals surface area contributed by atoms with Crippen molar-refractivity contribution < 1.29 is 18.7 Å². The number of hydrogen-bond donors (Lipinski definition) is 1. The minimum atomic E-state index is -0.758. The van der Waals surface area contributed by atoms with E-state index in [1.165, 1.54) is 17.0 Å². The molecule has 0 fully saturated rings. The number of nitrogens with zero attached hydrogens (tertiary/aromatic N) is 1. The highest BCUT2D eigenvalue weighted by atomic mass is 19.1. The van der Waals surface area contributed by atoms with Crippen molar-refractivity contribution in [1.29, 1.82) is 0 Å². The van der Waals surface area contributed by atoms with E-state index < -0.39 is 6.04 Å². The van der Waals surface area contributed by atoms with Gasteiger partial charge in [-0.3, -0.25) is 9.59 Å². The molecule has 6 heteroatoms. The predicted octanol–water partition coefficient (Wildman–Crippen LogP) is 5.28. The highest BCUT2D eigenvalue weighted by molar-refractivity contribution is 5.88. The van der Waals surface area contributed by atoms with Gasteiger partial charge < -0.3 is 15.0 Å². The first-order chi connectivity index (χ1) is 17.2. The molecule has 3 aromatic carbocycles. The van der Waals surface area contributed by atoms with Crippen LogP contribution in [-0.4, -0.2) is 35.9 Å². The van der Waals surface area contributed by atoms with E-state index in [2.05, 4.69) is 26.1 Å². The molecule has 1 N–H and O–H groups in total. The number of amides is 2. The smallest absolute Gasteiger partial charge is 0.261 e. The lowest BCUT2D eigenvalue weighted by Crippen LogP contribution is -2.51. The predicted molar refractivity (Wildman–Crippen MR) is 140 cm³/mol. The van der Waals surface area contributed by atoms with Crippen LogP contribution in [-0.2, 0) is 28.0 Å². The topological polar surface area (TPSA) is 58.6 Å². The largest absolute Gasteiger partial charge is 0.483 e. The van der Waals surface area contributed by atoms with Gasteiger partial charge >= 0.3 is 0 Å². The van der Waals surface area contributed by atoms with Gasteiger partial charge in [0.1, 0.15) is 17.6 Å². The molecule has 190 valence electrons. The molecule has 0 bridgehead atoms. The Morgan fingerprint density at radius 1 is 0.917 bits per heavy atom. The molecule has 0 spiro atoms. The van der Waals surface area contributed by atoms with Crippen LogP contribution in [0.2, 0.25) is 0 Å². The summed E-state index contributed by atoms with van der Waals surface area (Å²) in [6.45, 7) is 8.47. The quantitative estimate of drug-likeness (QED) is 0.421. The lowest BCUT2D eigenvalue weighted by Gasteiger charge is -2.31. The second-order valence-corrected chi connectivity index (χ2v) is 9.78. The Balaban J connectivity index is 1.91. The van der Waals surface area contributed by atoms with Crippen molar-refractivity contribution in [2.24, 2.45) is 0 Å². The van der Waals surface area contributed by atoms with Gasteiger partial charge in [0.2, 0.25) is 5.91 Å². The number of para-hydroxylation sites is 1. The first-order valence-electron chi connectivity index (χ1n) is 12.3. The normalized spacial score (nSPS) is 12.0. The fourth-order valence-corrected chi connectivity index (χ4v) is 4.07. The van der Waals surface area contributed by atoms with Crippen molar-refractivity contribution in [2.45, 2.75) is 52.1 Å². The zero-order chi connectivity index (χ0) is 26.1. The van der Waals surface area contributed by atoms with Crippen molar-refractivity contribution in [3.63, 3.8) is 0 Å². The highest BCUT2D eigenvalue weighted by Gasteiger charge is 2.31. The lowest BCUT2D eigenvalue weighted by atomic mass is 9.86. The summed E-state index contributed by atoms with van der Waals surface area (Å²) in [7, 11) is 0. The van der Waals surface area contributed by atoms with Crippen LogP contribution in [0.4, 0.5) is 4.39 Å². The molecule has 3 rings (SSSR count). The SMILES string of the molecule is CCNC(=O)[C@H](Cc1ccccc1)N(Cc1ccc(F)cc1)C(=O)COc1ccccc1C(C)(C)C. The molecule has 0 saturated carbocycles. The highest BCUT2D eigenvalue weighted by Crippen LogP contribution is 2.31. The molecule has 0 aliphatic heterocycles. The Hall–Kier alpha value is -3.67. The van der Waals surface area contributed by atoms with E-state index in [1.807, 2.05) is 61.5 Å². The zero-order valence-electron chi connectivity index (χ0n) is 21.5. The second-order valence-electron chi connectivity index (χ2n) is 9.78. The molecule has 3 aromatic rings. The molecule has 1 atom stereocenters. The van der Waals surface area contributed by atoms with Gasteiger partial charge in [-0.05, 0) is 47.2 Å². The minimum absolute atomic E-state index is 0.151. The fraction of sp³-hybridized carbons (Fsp3) is 0.333. The summed E-state index contributed by atoms with van der Waals surface area (Å²) in [6, 6.07) is 22.5. The third-order valence-electron chi connectivity index (χ3n) is 5.93. The van der Waals surface area contributed by atoms with E-state index in [9.17, 15) is 14.0 Å². The molecule has 0 radical (unpaired) electrons. The number of benzene rings is 3. The van der Waals surface area contributed by atoms with Crippen molar-refractivity contribution in [1.82, 2.24) is 10.2 Å². The van der Waals surface area contributed by atoms with E-state index in [4.69, 9.17) is 4.74 Å². The molecule has 0 aliphatic rings. The van der Waals surface area contributed by atoms with E-state index in [-0.39, 0.29) is 36.2 Å². The molecule has 36 heavy (non-hydrogen) atoms. The third kappa shape index (κ3) is 7.41. The number of nitrogens with one attached hydrogen (secondary N) is 1. The Morgan fingerprint density at radius 2 is 1.56 bits per heavy atom. The van der Waals surface area contributed by atoms with Gasteiger partial charge in [-0.15, -0.1) is 0 Å². The van der Waals surface area contributed by atoms with Gasteiger partial charge in [0.25, 0.3) is 5.91 Å². The first-order valence-corrected chi connectivity index (χ1v) is 12.3. The third-order valence-corrected chi connectivity index (χ3v) is 5.93. The van der Waals surface area contributed by atoms with Crippen molar-refractivity contribution >= 4 is 11.8 Å². The fourth-order valence-electron chi connectivity index (χ4n) is 4.07. The molecule has 0 aliphatic carbocycles. The standard InChI is InChI=1S/C30H35FN2O3/c1-5-32-29(35)26(19-22-11-7-6-8-12-22)33(20-23-15-17-24(31)18-16-23)28(34)21-36-27-14-10-9-13-25(27)30(2,3)4/h6-18,26H,5,19-21H2,1-4H3,(H,32,35)/t26-/m0/s1. The number of ether oxygens (including phenoxy) is 1. The summed E-state index contributed by atoms with van der Waals surface area (Å²) in [5.74, 6) is -0.289. The van der Waals surface area contributed by atoms with Gasteiger partial charge in [0, 0.05) is 19.5 Å². The van der Waals surface area contributed by atoms with Crippen LogP contribution < -0.4 is 10.1 Å². The second kappa shape index (κ2) is 12.3. The van der Waals surface area contributed by atoms with Gasteiger partial charge in [0.15, 0.2) is 6.61 Å². The maximum atomic E-state index is 13.6. The molecule has 0 aromatic heterocycles. The average Bonchev–Trinajstić information content (AvgIpc) is 2.86. The van der Waals surface area contributed by atoms with E-state index >= 15 is 0 Å². The van der Waals surface area contributed by atoms with Crippen molar-refractivity contribution in [3.8, 4) is 5.75 Å². The van der Waals surface area contributed by atoms with Crippen LogP contribution in [0.25, 0.3) is 0 Å². The Bertz CT molecular complexity index is 1140. The Morgan fingerprint density at radius 3 is 2.19 bits per heavy atom. The monoisotopic (exact) mass is 490 g/mol. The molecule has 0 saturated heterocycles. The first kappa shape index (κ1) is 26.9. The molecule has 5 nitrogen and oxygen atoms in total. The number of rotatable bonds is 10. The van der Waals surface area contributed by atoms with Crippen LogP contribution in [0.15, 0.2) is 78.9 Å². The lowest BCUT2D eigenvalue weighted by molar-refractivity contribution is -0.142. The minimum Gasteiger partial charge on any atom is -0.483 e. The van der Waals surface area contributed by atoms with Crippen LogP contribution in [0.5, 0.6) is 5.75 Å². The number of halogens is 1. The number of carbonyl (C=O) groups excluding carboxylic acids is 2. The van der Waals surface area contributed by atoms with Crippen LogP contribution in [0.1, 0.15) is 44.4 Å².